The van der Waals surface area contributed by atoms with Crippen molar-refractivity contribution in [3.8, 4) is 0 Å². The van der Waals surface area contributed by atoms with Crippen molar-refractivity contribution in [3.63, 3.8) is 0 Å². The fourth-order valence-electron chi connectivity index (χ4n) is 3.53. The van der Waals surface area contributed by atoms with E-state index in [1.165, 1.54) is 45.2 Å². The van der Waals surface area contributed by atoms with Crippen LogP contribution in [0.3, 0.4) is 0 Å². The van der Waals surface area contributed by atoms with Crippen LogP contribution in [0, 0.1) is 5.92 Å². The van der Waals surface area contributed by atoms with Crippen molar-refractivity contribution >= 4 is 5.91 Å². The Morgan fingerprint density at radius 3 is 2.17 bits per heavy atom. The van der Waals surface area contributed by atoms with Crippen molar-refractivity contribution in [1.82, 2.24) is 10.2 Å². The van der Waals surface area contributed by atoms with Gasteiger partial charge in [-0.05, 0) is 38.5 Å². The van der Waals surface area contributed by atoms with E-state index in [-0.39, 0.29) is 0 Å². The van der Waals surface area contributed by atoms with Gasteiger partial charge in [-0.3, -0.25) is 4.79 Å². The van der Waals surface area contributed by atoms with Gasteiger partial charge >= 0.3 is 0 Å². The van der Waals surface area contributed by atoms with Gasteiger partial charge < -0.3 is 10.2 Å². The first-order chi connectivity index (χ1) is 8.83. The molecule has 102 valence electrons. The first-order valence-corrected chi connectivity index (χ1v) is 7.87. The molecule has 1 amide bonds. The topological polar surface area (TPSA) is 32.3 Å². The third-order valence-corrected chi connectivity index (χ3v) is 4.92. The molecule has 3 aliphatic rings. The summed E-state index contributed by atoms with van der Waals surface area (Å²) < 4.78 is 0. The number of amides is 1. The van der Waals surface area contributed by atoms with E-state index in [0.29, 0.717) is 17.9 Å². The van der Waals surface area contributed by atoms with Gasteiger partial charge in [-0.25, -0.2) is 0 Å². The monoisotopic (exact) mass is 250 g/mol. The normalized spacial score (nSPS) is 28.2. The molecule has 0 bridgehead atoms. The number of hydrogen-bond donors (Lipinski definition) is 1. The van der Waals surface area contributed by atoms with Crippen molar-refractivity contribution in [2.24, 2.45) is 5.92 Å². The molecule has 2 aliphatic carbocycles. The summed E-state index contributed by atoms with van der Waals surface area (Å²) in [5, 5.41) is 3.30. The number of piperidine rings is 1. The number of likely N-dealkylation sites (tertiary alicyclic amines) is 1. The molecule has 0 aromatic carbocycles. The van der Waals surface area contributed by atoms with Gasteiger partial charge in [0.25, 0.3) is 0 Å². The maximum atomic E-state index is 12.2. The fourth-order valence-corrected chi connectivity index (χ4v) is 3.53. The van der Waals surface area contributed by atoms with Crippen LogP contribution in [0.15, 0.2) is 0 Å². The van der Waals surface area contributed by atoms with Crippen LogP contribution < -0.4 is 5.32 Å². The van der Waals surface area contributed by atoms with Gasteiger partial charge in [-0.15, -0.1) is 0 Å². The zero-order chi connectivity index (χ0) is 12.4. The minimum Gasteiger partial charge on any atom is -0.353 e. The molecule has 3 rings (SSSR count). The number of carbonyl (C=O) groups excluding carboxylic acids is 1. The number of carbonyl (C=O) groups is 1. The average Bonchev–Trinajstić information content (AvgIpc) is 3.25. The van der Waals surface area contributed by atoms with Crippen LogP contribution in [0.5, 0.6) is 0 Å². The Hall–Kier alpha value is -0.570. The van der Waals surface area contributed by atoms with Gasteiger partial charge in [0, 0.05) is 31.1 Å². The Labute approximate surface area is 110 Å². The van der Waals surface area contributed by atoms with E-state index in [1.54, 1.807) is 0 Å². The van der Waals surface area contributed by atoms with Crippen molar-refractivity contribution in [3.05, 3.63) is 0 Å². The van der Waals surface area contributed by atoms with Crippen LogP contribution in [0.25, 0.3) is 0 Å². The average molecular weight is 250 g/mol. The highest BCUT2D eigenvalue weighted by Crippen LogP contribution is 2.29. The van der Waals surface area contributed by atoms with Gasteiger partial charge in [-0.2, -0.15) is 0 Å². The highest BCUT2D eigenvalue weighted by Gasteiger charge is 2.32. The molecule has 1 heterocycles. The molecule has 1 aliphatic heterocycles. The smallest absolute Gasteiger partial charge is 0.223 e. The molecule has 3 fully saturated rings. The predicted molar refractivity (Wildman–Crippen MR) is 72.3 cm³/mol. The van der Waals surface area contributed by atoms with Crippen LogP contribution in [-0.4, -0.2) is 36.0 Å². The Morgan fingerprint density at radius 2 is 1.56 bits per heavy atom. The minimum absolute atomic E-state index is 0.320. The summed E-state index contributed by atoms with van der Waals surface area (Å²) in [7, 11) is 0. The van der Waals surface area contributed by atoms with Crippen LogP contribution in [0.4, 0.5) is 0 Å². The largest absolute Gasteiger partial charge is 0.353 e. The summed E-state index contributed by atoms with van der Waals surface area (Å²) in [4.78, 5) is 14.8. The summed E-state index contributed by atoms with van der Waals surface area (Å²) in [6.07, 6.45) is 11.2. The third-order valence-electron chi connectivity index (χ3n) is 4.92. The second-order valence-electron chi connectivity index (χ2n) is 6.38. The lowest BCUT2D eigenvalue weighted by atomic mass is 9.88. The lowest BCUT2D eigenvalue weighted by Crippen LogP contribution is -2.47. The molecule has 1 N–H and O–H groups in total. The molecular formula is C15H26N2O. The van der Waals surface area contributed by atoms with Gasteiger partial charge in [0.05, 0.1) is 0 Å². The Balaban J connectivity index is 1.41. The summed E-state index contributed by atoms with van der Waals surface area (Å²) >= 11 is 0. The van der Waals surface area contributed by atoms with Crippen molar-refractivity contribution < 1.29 is 4.79 Å². The highest BCUT2D eigenvalue weighted by molar-refractivity contribution is 5.79. The Morgan fingerprint density at radius 1 is 0.889 bits per heavy atom. The molecule has 0 aromatic rings. The van der Waals surface area contributed by atoms with Crippen LogP contribution in [0.1, 0.15) is 57.8 Å². The first-order valence-electron chi connectivity index (χ1n) is 7.87. The summed E-state index contributed by atoms with van der Waals surface area (Å²) in [5.41, 5.74) is 0. The zero-order valence-electron chi connectivity index (χ0n) is 11.4. The molecule has 0 aromatic heterocycles. The molecule has 3 nitrogen and oxygen atoms in total. The summed E-state index contributed by atoms with van der Waals surface area (Å²) in [6.45, 7) is 2.39. The van der Waals surface area contributed by atoms with Crippen LogP contribution >= 0.6 is 0 Å². The molecular weight excluding hydrogens is 224 g/mol. The third kappa shape index (κ3) is 3.05. The molecule has 0 spiro atoms. The van der Waals surface area contributed by atoms with Gasteiger partial charge in [0.1, 0.15) is 0 Å². The van der Waals surface area contributed by atoms with Crippen molar-refractivity contribution in [2.75, 3.05) is 13.1 Å². The number of nitrogens with zero attached hydrogens (tertiary/aromatic N) is 1. The Kier molecular flexibility index (Phi) is 3.88. The van der Waals surface area contributed by atoms with E-state index in [0.717, 1.165) is 31.7 Å². The highest BCUT2D eigenvalue weighted by atomic mass is 16.1. The molecule has 18 heavy (non-hydrogen) atoms. The Bertz CT molecular complexity index is 287. The van der Waals surface area contributed by atoms with Gasteiger partial charge in [0.2, 0.25) is 5.91 Å². The van der Waals surface area contributed by atoms with Crippen LogP contribution in [-0.2, 0) is 4.79 Å². The lowest BCUT2D eigenvalue weighted by molar-refractivity contribution is -0.127. The summed E-state index contributed by atoms with van der Waals surface area (Å²) in [6, 6.07) is 1.34. The fraction of sp³-hybridized carbons (Fsp3) is 0.933. The van der Waals surface area contributed by atoms with E-state index < -0.39 is 0 Å². The first kappa shape index (κ1) is 12.5. The molecule has 3 heteroatoms. The van der Waals surface area contributed by atoms with E-state index in [9.17, 15) is 4.79 Å². The van der Waals surface area contributed by atoms with E-state index in [2.05, 4.69) is 10.2 Å². The number of rotatable bonds is 3. The zero-order valence-corrected chi connectivity index (χ0v) is 11.4. The minimum atomic E-state index is 0.320. The molecule has 0 radical (unpaired) electrons. The molecule has 2 saturated carbocycles. The lowest BCUT2D eigenvalue weighted by Gasteiger charge is -2.33. The second kappa shape index (κ2) is 5.60. The molecule has 0 atom stereocenters. The maximum absolute atomic E-state index is 12.2. The quantitative estimate of drug-likeness (QED) is 0.833. The second-order valence-corrected chi connectivity index (χ2v) is 6.38. The van der Waals surface area contributed by atoms with Gasteiger partial charge in [-0.1, -0.05) is 19.3 Å². The van der Waals surface area contributed by atoms with Crippen molar-refractivity contribution in [1.29, 1.82) is 0 Å². The van der Waals surface area contributed by atoms with Crippen LogP contribution in [0.2, 0.25) is 0 Å². The van der Waals surface area contributed by atoms with E-state index in [1.807, 2.05) is 0 Å². The van der Waals surface area contributed by atoms with E-state index >= 15 is 0 Å². The standard InChI is InChI=1S/C15H26N2O/c18-15(12-4-2-1-3-5-12)16-13-8-10-17(11-9-13)14-6-7-14/h12-14H,1-11H2,(H,16,18). The molecule has 1 saturated heterocycles. The predicted octanol–water partition coefficient (Wildman–Crippen LogP) is 2.31. The SMILES string of the molecule is O=C(NC1CCN(C2CC2)CC1)C1CCCCC1. The van der Waals surface area contributed by atoms with Gasteiger partial charge in [0.15, 0.2) is 0 Å². The van der Waals surface area contributed by atoms with Crippen molar-refractivity contribution in [2.45, 2.75) is 69.9 Å². The molecule has 0 unspecified atom stereocenters. The summed E-state index contributed by atoms with van der Waals surface area (Å²) in [5.74, 6) is 0.666. The number of hydrogen-bond acceptors (Lipinski definition) is 2. The van der Waals surface area contributed by atoms with E-state index in [4.69, 9.17) is 0 Å². The maximum Gasteiger partial charge on any atom is 0.223 e. The number of nitrogens with one attached hydrogen (secondary N) is 1.